The van der Waals surface area contributed by atoms with Gasteiger partial charge in [-0.25, -0.2) is 18.6 Å². The van der Waals surface area contributed by atoms with Crippen molar-refractivity contribution in [2.24, 2.45) is 23.2 Å². The van der Waals surface area contributed by atoms with Crippen molar-refractivity contribution in [3.63, 3.8) is 0 Å². The van der Waals surface area contributed by atoms with Gasteiger partial charge in [0.15, 0.2) is 5.69 Å². The minimum atomic E-state index is -2.75. The van der Waals surface area contributed by atoms with Gasteiger partial charge in [0.1, 0.15) is 34.1 Å². The molecule has 416 valence electrons. The van der Waals surface area contributed by atoms with Gasteiger partial charge < -0.3 is 29.9 Å². The number of ether oxygens (including phenoxy) is 2. The van der Waals surface area contributed by atoms with Gasteiger partial charge in [-0.05, 0) is 103 Å². The second kappa shape index (κ2) is 22.3. The number of ketones is 1. The number of alkyl halides is 2. The smallest absolute Gasteiger partial charge is 0.410 e. The molecule has 17 nitrogen and oxygen atoms in total. The number of anilines is 1. The van der Waals surface area contributed by atoms with Crippen LogP contribution in [0, 0.1) is 23.2 Å². The lowest BCUT2D eigenvalue weighted by Gasteiger charge is -2.43. The third kappa shape index (κ3) is 11.3. The molecule has 4 fully saturated rings. The molecule has 2 saturated carbocycles. The zero-order valence-electron chi connectivity index (χ0n) is 45.4. The molecule has 0 unspecified atom stereocenters. The molecule has 3 N–H and O–H groups in total. The Hall–Kier alpha value is -6.54. The van der Waals surface area contributed by atoms with Crippen LogP contribution in [0.2, 0.25) is 0 Å². The van der Waals surface area contributed by atoms with Crippen LogP contribution in [-0.2, 0) is 27.2 Å². The summed E-state index contributed by atoms with van der Waals surface area (Å²) < 4.78 is 42.7. The molecule has 0 spiro atoms. The summed E-state index contributed by atoms with van der Waals surface area (Å²) in [6, 6.07) is 15.3. The highest BCUT2D eigenvalue weighted by Crippen LogP contribution is 2.70. The predicted octanol–water partition coefficient (Wildman–Crippen LogP) is 9.28. The number of thiazole rings is 1. The fourth-order valence-corrected chi connectivity index (χ4v) is 13.1. The Morgan fingerprint density at radius 3 is 2.50 bits per heavy atom. The van der Waals surface area contributed by atoms with E-state index in [1.807, 2.05) is 40.0 Å². The Bertz CT molecular complexity index is 3000. The van der Waals surface area contributed by atoms with Crippen LogP contribution in [0.1, 0.15) is 153 Å². The highest BCUT2D eigenvalue weighted by Gasteiger charge is 2.78. The number of nitrogens with zero attached hydrogens (tertiary/aromatic N) is 7. The molecular weight excluding hydrogens is 1020 g/mol. The number of aromatic nitrogens is 5. The fraction of sp³-hybridized carbons (Fsp3) is 0.552. The minimum absolute atomic E-state index is 0.0389. The molecule has 2 aromatic carbocycles. The maximum absolute atomic E-state index is 14.6. The molecule has 2 aliphatic heterocycles. The SMILES string of the molecule is C[C@@H](C(=O)N[C@H](C(=O)N1CCC[C@H]1c1nc(C(=O)c2cccc(OCCCCN3CC([C@@H](c4ccccc4)n4cc(NC(=O)c5n[nH]c6c5C[C@@H]5C(F)(F)[C@]5(C)C6)cn4)C3)c2)cs1)C1CCCCC1)N(C)C(=O)OC(C)(C)C. The number of hydrogen-bond donors (Lipinski definition) is 3. The van der Waals surface area contributed by atoms with Gasteiger partial charge in [-0.1, -0.05) is 68.7 Å². The van der Waals surface area contributed by atoms with Crippen LogP contribution in [0.3, 0.4) is 0 Å². The van der Waals surface area contributed by atoms with Crippen molar-refractivity contribution in [2.75, 3.05) is 45.2 Å². The Balaban J connectivity index is 0.695. The third-order valence-electron chi connectivity index (χ3n) is 16.9. The average molecular weight is 1090 g/mol. The molecular formula is C58H72F2N10O7S. The number of hydrogen-bond acceptors (Lipinski definition) is 12. The summed E-state index contributed by atoms with van der Waals surface area (Å²) in [5.74, 6) is -3.98. The van der Waals surface area contributed by atoms with E-state index in [0.717, 1.165) is 76.6 Å². The predicted molar refractivity (Wildman–Crippen MR) is 290 cm³/mol. The van der Waals surface area contributed by atoms with Gasteiger partial charge in [-0.2, -0.15) is 10.2 Å². The van der Waals surface area contributed by atoms with Crippen LogP contribution in [-0.4, -0.2) is 133 Å². The number of nitrogens with one attached hydrogen (secondary N) is 3. The summed E-state index contributed by atoms with van der Waals surface area (Å²) in [7, 11) is 1.52. The van der Waals surface area contributed by atoms with Crippen molar-refractivity contribution in [3.05, 3.63) is 111 Å². The molecule has 5 aromatic rings. The van der Waals surface area contributed by atoms with Crippen molar-refractivity contribution < 1.29 is 42.2 Å². The van der Waals surface area contributed by atoms with E-state index in [1.165, 1.54) is 23.3 Å². The van der Waals surface area contributed by atoms with E-state index in [0.29, 0.717) is 58.5 Å². The number of likely N-dealkylation sites (N-methyl/N-ethyl adjacent to an activating group) is 1. The Kier molecular flexibility index (Phi) is 15.7. The van der Waals surface area contributed by atoms with E-state index in [2.05, 4.69) is 43.0 Å². The van der Waals surface area contributed by atoms with Gasteiger partial charge >= 0.3 is 6.09 Å². The zero-order chi connectivity index (χ0) is 55.1. The highest BCUT2D eigenvalue weighted by atomic mass is 32.1. The van der Waals surface area contributed by atoms with Crippen LogP contribution in [0.5, 0.6) is 5.75 Å². The summed E-state index contributed by atoms with van der Waals surface area (Å²) in [6.45, 7) is 12.1. The van der Waals surface area contributed by atoms with Crippen LogP contribution in [0.25, 0.3) is 0 Å². The van der Waals surface area contributed by atoms with Crippen molar-refractivity contribution in [1.82, 2.24) is 45.0 Å². The number of amides is 4. The molecule has 20 heteroatoms. The standard InChI is InChI=1S/C58H72F2N10O7S/c1-35(67(6)55(75)77-56(2,3)4)51(72)64-47(36-17-9-7-10-18-36)54(74)69-25-16-23-45(69)53-63-44(34-78-53)50(71)38-21-15-22-41(27-38)76-26-14-13-24-68-31-39(32-68)49(37-19-11-8-12-20-37)70-33-40(30-61-70)62-52(73)48-42-28-46-57(5,58(46,59)60)29-43(42)65-66-48/h8,11-12,15,19-22,27,30,33-36,39,45-47,49H,7,9-10,13-14,16-18,23-26,28-29,31-32H2,1-6H3,(H,62,73)(H,64,72)(H,65,66)/t35-,45-,46-,47-,49+,57+/m0/s1. The molecule has 78 heavy (non-hydrogen) atoms. The van der Waals surface area contributed by atoms with Gasteiger partial charge in [-0.15, -0.1) is 11.3 Å². The number of H-pyrrole nitrogens is 1. The lowest BCUT2D eigenvalue weighted by molar-refractivity contribution is -0.140. The van der Waals surface area contributed by atoms with Gasteiger partial charge in [-0.3, -0.25) is 33.9 Å². The number of unbranched alkanes of at least 4 members (excludes halogenated alkanes) is 1. The molecule has 0 radical (unpaired) electrons. The monoisotopic (exact) mass is 1090 g/mol. The third-order valence-corrected chi connectivity index (χ3v) is 17.8. The molecule has 5 aliphatic rings. The highest BCUT2D eigenvalue weighted by molar-refractivity contribution is 7.10. The number of aromatic amines is 1. The first-order chi connectivity index (χ1) is 37.3. The Morgan fingerprint density at radius 1 is 0.974 bits per heavy atom. The number of carbonyl (C=O) groups is 5. The van der Waals surface area contributed by atoms with Gasteiger partial charge in [0, 0.05) is 78.8 Å². The van der Waals surface area contributed by atoms with E-state index >= 15 is 0 Å². The normalized spacial score (nSPS) is 22.3. The minimum Gasteiger partial charge on any atom is -0.494 e. The molecule has 10 rings (SSSR count). The number of carbonyl (C=O) groups excluding carboxylic acids is 5. The first-order valence-corrected chi connectivity index (χ1v) is 28.5. The van der Waals surface area contributed by atoms with Crippen LogP contribution in [0.15, 0.2) is 72.4 Å². The van der Waals surface area contributed by atoms with E-state index in [4.69, 9.17) is 14.5 Å². The summed E-state index contributed by atoms with van der Waals surface area (Å²) in [6.07, 6.45) is 10.9. The zero-order valence-corrected chi connectivity index (χ0v) is 46.3. The van der Waals surface area contributed by atoms with E-state index < -0.39 is 52.8 Å². The molecule has 2 saturated heterocycles. The summed E-state index contributed by atoms with van der Waals surface area (Å²) in [5, 5.41) is 20.2. The quantitative estimate of drug-likeness (QED) is 0.0527. The maximum atomic E-state index is 14.6. The maximum Gasteiger partial charge on any atom is 0.410 e. The summed E-state index contributed by atoms with van der Waals surface area (Å²) in [5.41, 5.74) is 1.89. The van der Waals surface area contributed by atoms with Crippen molar-refractivity contribution in [3.8, 4) is 5.75 Å². The van der Waals surface area contributed by atoms with Crippen LogP contribution >= 0.6 is 11.3 Å². The lowest BCUT2D eigenvalue weighted by Crippen LogP contribution is -2.56. The number of rotatable bonds is 19. The number of benzene rings is 2. The average Bonchev–Trinajstić information content (AvgIpc) is 4.24. The van der Waals surface area contributed by atoms with Gasteiger partial charge in [0.05, 0.1) is 30.6 Å². The Labute approximate surface area is 458 Å². The second-order valence-electron chi connectivity index (χ2n) is 23.4. The van der Waals surface area contributed by atoms with Crippen LogP contribution < -0.4 is 15.4 Å². The molecule has 3 aromatic heterocycles. The topological polar surface area (TPSA) is 197 Å². The van der Waals surface area contributed by atoms with E-state index in [1.54, 1.807) is 64.4 Å². The number of halogens is 2. The van der Waals surface area contributed by atoms with Crippen molar-refractivity contribution in [2.45, 2.75) is 141 Å². The van der Waals surface area contributed by atoms with E-state index in [-0.39, 0.29) is 54.1 Å². The number of fused-ring (bicyclic) bond motifs is 2. The molecule has 6 atom stereocenters. The fourth-order valence-electron chi connectivity index (χ4n) is 12.1. The largest absolute Gasteiger partial charge is 0.494 e. The molecule has 4 amide bonds. The van der Waals surface area contributed by atoms with E-state index in [9.17, 15) is 32.8 Å². The lowest BCUT2D eigenvalue weighted by atomic mass is 9.83. The van der Waals surface area contributed by atoms with Gasteiger partial charge in [0.25, 0.3) is 11.8 Å². The summed E-state index contributed by atoms with van der Waals surface area (Å²) >= 11 is 1.36. The first-order valence-electron chi connectivity index (χ1n) is 27.7. The first kappa shape index (κ1) is 54.8. The number of likely N-dealkylation sites (tertiary alicyclic amines) is 2. The van der Waals surface area contributed by atoms with Crippen molar-refractivity contribution in [1.29, 1.82) is 0 Å². The molecule has 3 aliphatic carbocycles. The molecule has 5 heterocycles. The molecule has 0 bridgehead atoms. The van der Waals surface area contributed by atoms with Gasteiger partial charge in [0.2, 0.25) is 17.6 Å². The Morgan fingerprint density at radius 2 is 1.74 bits per heavy atom. The van der Waals surface area contributed by atoms with Crippen LogP contribution in [0.4, 0.5) is 19.3 Å². The summed E-state index contributed by atoms with van der Waals surface area (Å²) in [4.78, 5) is 78.8. The second-order valence-corrected chi connectivity index (χ2v) is 24.3. The van der Waals surface area contributed by atoms with Crippen molar-refractivity contribution >= 4 is 46.6 Å².